The van der Waals surface area contributed by atoms with Crippen LogP contribution in [-0.2, 0) is 0 Å². The van der Waals surface area contributed by atoms with Crippen molar-refractivity contribution in [2.75, 3.05) is 35.5 Å². The van der Waals surface area contributed by atoms with Gasteiger partial charge in [0.2, 0.25) is 0 Å². The molecule has 0 bridgehead atoms. The summed E-state index contributed by atoms with van der Waals surface area (Å²) < 4.78 is 33.5. The van der Waals surface area contributed by atoms with Crippen LogP contribution in [0.4, 0.5) is 0 Å². The van der Waals surface area contributed by atoms with Crippen molar-refractivity contribution in [1.82, 2.24) is 0 Å². The molecule has 6 nitrogen and oxygen atoms in total. The topological polar surface area (TPSA) is 57.5 Å². The fourth-order valence-electron chi connectivity index (χ4n) is 3.72. The maximum Gasteiger partial charge on any atom is 0.361 e. The second-order valence-electron chi connectivity index (χ2n) is 7.45. The van der Waals surface area contributed by atoms with E-state index >= 15 is 0 Å². The first kappa shape index (κ1) is 23.0. The van der Waals surface area contributed by atoms with Crippen LogP contribution in [0.25, 0.3) is 34.2 Å². The van der Waals surface area contributed by atoms with Crippen molar-refractivity contribution in [2.24, 2.45) is 0 Å². The number of ether oxygens (including phenoxy) is 5. The number of fused-ring (bicyclic) bond motifs is 1. The molecule has 0 amide bonds. The molecule has 4 aromatic rings. The molecule has 0 saturated carbocycles. The van der Waals surface area contributed by atoms with Crippen LogP contribution >= 0.6 is 0 Å². The lowest BCUT2D eigenvalue weighted by Crippen LogP contribution is -1.92. The highest BCUT2D eigenvalue weighted by Gasteiger charge is 2.21. The highest BCUT2D eigenvalue weighted by molar-refractivity contribution is 5.94. The van der Waals surface area contributed by atoms with E-state index in [1.807, 2.05) is 72.8 Å². The van der Waals surface area contributed by atoms with Crippen LogP contribution in [0.2, 0.25) is 0 Å². The van der Waals surface area contributed by atoms with E-state index in [0.717, 1.165) is 27.6 Å². The number of benzene rings is 3. The van der Waals surface area contributed by atoms with Gasteiger partial charge in [-0.1, -0.05) is 6.07 Å². The SMILES string of the molecule is COc1ccc(-c2cc3cc(OC)c(OC)cc3c(C=Cc3ccc(OC)c(OC)c3)[o+]2)cc1. The summed E-state index contributed by atoms with van der Waals surface area (Å²) in [5.41, 5.74) is 1.87. The maximum atomic E-state index is 6.37. The maximum absolute atomic E-state index is 6.37. The van der Waals surface area contributed by atoms with Gasteiger partial charge >= 0.3 is 11.5 Å². The van der Waals surface area contributed by atoms with Crippen molar-refractivity contribution >= 4 is 22.9 Å². The van der Waals surface area contributed by atoms with E-state index in [1.165, 1.54) is 0 Å². The zero-order chi connectivity index (χ0) is 24.1. The molecule has 0 atom stereocenters. The molecule has 1 heterocycles. The van der Waals surface area contributed by atoms with E-state index in [0.29, 0.717) is 34.5 Å². The lowest BCUT2D eigenvalue weighted by atomic mass is 10.0. The average Bonchev–Trinajstić information content (AvgIpc) is 2.90. The van der Waals surface area contributed by atoms with Gasteiger partial charge in [-0.2, -0.15) is 0 Å². The number of rotatable bonds is 8. The van der Waals surface area contributed by atoms with Gasteiger partial charge < -0.3 is 23.7 Å². The molecule has 0 aliphatic rings. The van der Waals surface area contributed by atoms with Crippen molar-refractivity contribution in [3.05, 3.63) is 72.0 Å². The third kappa shape index (κ3) is 4.62. The Morgan fingerprint density at radius 3 is 1.88 bits per heavy atom. The molecule has 0 aliphatic carbocycles. The van der Waals surface area contributed by atoms with E-state index in [-0.39, 0.29) is 0 Å². The van der Waals surface area contributed by atoms with Crippen molar-refractivity contribution in [3.63, 3.8) is 0 Å². The molecule has 4 rings (SSSR count). The molecule has 0 aliphatic heterocycles. The Bertz CT molecular complexity index is 1330. The fraction of sp³-hybridized carbons (Fsp3) is 0.179. The largest absolute Gasteiger partial charge is 0.497 e. The first-order valence-corrected chi connectivity index (χ1v) is 10.7. The zero-order valence-corrected chi connectivity index (χ0v) is 19.9. The summed E-state index contributed by atoms with van der Waals surface area (Å²) in [6.07, 6.45) is 3.90. The molecule has 0 spiro atoms. The highest BCUT2D eigenvalue weighted by atomic mass is 16.5. The predicted molar refractivity (Wildman–Crippen MR) is 134 cm³/mol. The molecule has 0 fully saturated rings. The Labute approximate surface area is 198 Å². The smallest absolute Gasteiger partial charge is 0.361 e. The van der Waals surface area contributed by atoms with Gasteiger partial charge in [0.05, 0.1) is 52.6 Å². The van der Waals surface area contributed by atoms with Gasteiger partial charge in [0.1, 0.15) is 5.75 Å². The lowest BCUT2D eigenvalue weighted by molar-refractivity contribution is 0.355. The fourth-order valence-corrected chi connectivity index (χ4v) is 3.72. The van der Waals surface area contributed by atoms with Crippen LogP contribution in [0.5, 0.6) is 28.7 Å². The molecule has 0 unspecified atom stereocenters. The molecule has 0 saturated heterocycles. The van der Waals surface area contributed by atoms with Crippen LogP contribution in [0.3, 0.4) is 0 Å². The standard InChI is InChI=1S/C28H27O6/c1-29-21-10-8-19(9-11-21)25-15-20-16-27(32-4)28(33-5)17-22(20)23(34-25)12-6-18-7-13-24(30-2)26(14-18)31-3/h6-17H,1-5H3/q+1. The zero-order valence-electron chi connectivity index (χ0n) is 19.9. The monoisotopic (exact) mass is 459 g/mol. The highest BCUT2D eigenvalue weighted by Crippen LogP contribution is 2.37. The van der Waals surface area contributed by atoms with Gasteiger partial charge in [-0.3, -0.25) is 0 Å². The quantitative estimate of drug-likeness (QED) is 0.277. The minimum Gasteiger partial charge on any atom is -0.497 e. The number of hydrogen-bond acceptors (Lipinski definition) is 5. The van der Waals surface area contributed by atoms with E-state index in [1.54, 1.807) is 35.5 Å². The Morgan fingerprint density at radius 2 is 1.24 bits per heavy atom. The van der Waals surface area contributed by atoms with Crippen molar-refractivity contribution in [2.45, 2.75) is 0 Å². The third-order valence-electron chi connectivity index (χ3n) is 5.54. The summed E-state index contributed by atoms with van der Waals surface area (Å²) in [4.78, 5) is 0. The van der Waals surface area contributed by atoms with E-state index < -0.39 is 0 Å². The van der Waals surface area contributed by atoms with Crippen molar-refractivity contribution < 1.29 is 28.1 Å². The van der Waals surface area contributed by atoms with Gasteiger partial charge in [0.25, 0.3) is 0 Å². The molecular formula is C28H27O6+. The lowest BCUT2D eigenvalue weighted by Gasteiger charge is -2.08. The number of methoxy groups -OCH3 is 5. The normalized spacial score (nSPS) is 11.0. The second kappa shape index (κ2) is 10.2. The molecule has 6 heteroatoms. The summed E-state index contributed by atoms with van der Waals surface area (Å²) in [5.74, 6) is 4.79. The summed E-state index contributed by atoms with van der Waals surface area (Å²) >= 11 is 0. The van der Waals surface area contributed by atoms with Crippen LogP contribution in [0.15, 0.2) is 65.1 Å². The average molecular weight is 460 g/mol. The van der Waals surface area contributed by atoms with Gasteiger partial charge in [-0.25, -0.2) is 4.42 Å². The summed E-state index contributed by atoms with van der Waals surface area (Å²) in [7, 11) is 8.12. The molecule has 1 aromatic heterocycles. The Balaban J connectivity index is 1.86. The van der Waals surface area contributed by atoms with Crippen LogP contribution in [-0.4, -0.2) is 35.5 Å². The van der Waals surface area contributed by atoms with Crippen LogP contribution < -0.4 is 23.7 Å². The Hall–Kier alpha value is -4.19. The van der Waals surface area contributed by atoms with Gasteiger partial charge in [0.15, 0.2) is 23.0 Å². The van der Waals surface area contributed by atoms with Gasteiger partial charge in [-0.05, 0) is 54.1 Å². The molecule has 174 valence electrons. The molecule has 34 heavy (non-hydrogen) atoms. The van der Waals surface area contributed by atoms with E-state index in [2.05, 4.69) is 0 Å². The molecular weight excluding hydrogens is 432 g/mol. The van der Waals surface area contributed by atoms with Gasteiger partial charge in [-0.15, -0.1) is 0 Å². The Morgan fingerprint density at radius 1 is 0.588 bits per heavy atom. The minimum atomic E-state index is 0.628. The van der Waals surface area contributed by atoms with E-state index in [9.17, 15) is 0 Å². The van der Waals surface area contributed by atoms with E-state index in [4.69, 9.17) is 28.1 Å². The molecule has 0 N–H and O–H groups in total. The first-order chi connectivity index (χ1) is 16.6. The first-order valence-electron chi connectivity index (χ1n) is 10.7. The summed E-state index contributed by atoms with van der Waals surface area (Å²) in [6.45, 7) is 0. The van der Waals surface area contributed by atoms with Crippen LogP contribution in [0.1, 0.15) is 11.3 Å². The third-order valence-corrected chi connectivity index (χ3v) is 5.54. The Kier molecular flexibility index (Phi) is 6.87. The minimum absolute atomic E-state index is 0.628. The summed E-state index contributed by atoms with van der Waals surface area (Å²) in [5, 5.41) is 1.85. The van der Waals surface area contributed by atoms with Crippen molar-refractivity contribution in [3.8, 4) is 40.1 Å². The van der Waals surface area contributed by atoms with Gasteiger partial charge in [0, 0.05) is 17.5 Å². The molecule has 3 aromatic carbocycles. The predicted octanol–water partition coefficient (Wildman–Crippen LogP) is 6.59. The summed E-state index contributed by atoms with van der Waals surface area (Å²) in [6, 6.07) is 19.3. The van der Waals surface area contributed by atoms with Crippen molar-refractivity contribution in [1.29, 1.82) is 0 Å². The molecule has 0 radical (unpaired) electrons. The number of hydrogen-bond donors (Lipinski definition) is 0. The second-order valence-corrected chi connectivity index (χ2v) is 7.45. The van der Waals surface area contributed by atoms with Crippen LogP contribution in [0, 0.1) is 0 Å².